The quantitative estimate of drug-likeness (QED) is 0.899. The number of amides is 2. The normalized spacial score (nSPS) is 15.8. The van der Waals surface area contributed by atoms with Gasteiger partial charge in [0.2, 0.25) is 5.13 Å². The van der Waals surface area contributed by atoms with Gasteiger partial charge in [-0.05, 0) is 18.6 Å². The van der Waals surface area contributed by atoms with Gasteiger partial charge in [-0.3, -0.25) is 5.32 Å². The van der Waals surface area contributed by atoms with E-state index in [1.54, 1.807) is 11.9 Å². The van der Waals surface area contributed by atoms with Gasteiger partial charge in [-0.2, -0.15) is 0 Å². The summed E-state index contributed by atoms with van der Waals surface area (Å²) in [5.74, 6) is 1.44. The Hall–Kier alpha value is -2.35. The minimum absolute atomic E-state index is 0.208. The first-order chi connectivity index (χ1) is 11.7. The number of fused-ring (bicyclic) bond motifs is 1. The van der Waals surface area contributed by atoms with E-state index >= 15 is 0 Å². The van der Waals surface area contributed by atoms with Crippen molar-refractivity contribution >= 4 is 22.5 Å². The van der Waals surface area contributed by atoms with E-state index in [0.29, 0.717) is 24.0 Å². The van der Waals surface area contributed by atoms with Crippen molar-refractivity contribution in [2.24, 2.45) is 0 Å². The highest BCUT2D eigenvalue weighted by Gasteiger charge is 2.24. The molecule has 0 saturated heterocycles. The summed E-state index contributed by atoms with van der Waals surface area (Å²) in [6.07, 6.45) is 1.67. The molecular weight excluding hydrogens is 328 g/mol. The van der Waals surface area contributed by atoms with Crippen LogP contribution in [0.2, 0.25) is 0 Å². The maximum atomic E-state index is 12.3. The molecule has 8 heteroatoms. The van der Waals surface area contributed by atoms with E-state index in [1.165, 1.54) is 11.3 Å². The Morgan fingerprint density at radius 3 is 2.96 bits per heavy atom. The first-order valence-electron chi connectivity index (χ1n) is 7.88. The van der Waals surface area contributed by atoms with E-state index in [0.717, 1.165) is 23.6 Å². The first kappa shape index (κ1) is 16.5. The number of urea groups is 1. The standard InChI is InChI=1S/C16H20N4O3S/c1-3-6-14-18-19-15(24-14)17-16(21)20(2)9-11-10-22-12-7-4-5-8-13(12)23-11/h4-5,7-8,11H,3,6,9-10H2,1-2H3,(H,17,19,21)/t11-/m0/s1. The summed E-state index contributed by atoms with van der Waals surface area (Å²) in [5.41, 5.74) is 0. The molecule has 2 heterocycles. The van der Waals surface area contributed by atoms with Crippen LogP contribution in [0.5, 0.6) is 11.5 Å². The minimum atomic E-state index is -0.239. The summed E-state index contributed by atoms with van der Waals surface area (Å²) >= 11 is 1.40. The fourth-order valence-corrected chi connectivity index (χ4v) is 3.18. The molecule has 1 atom stereocenters. The lowest BCUT2D eigenvalue weighted by Gasteiger charge is -2.29. The number of hydrogen-bond donors (Lipinski definition) is 1. The van der Waals surface area contributed by atoms with Crippen LogP contribution in [0.4, 0.5) is 9.93 Å². The van der Waals surface area contributed by atoms with Crippen molar-refractivity contribution in [1.29, 1.82) is 0 Å². The van der Waals surface area contributed by atoms with Crippen molar-refractivity contribution < 1.29 is 14.3 Å². The SMILES string of the molecule is CCCc1nnc(NC(=O)N(C)C[C@H]2COc3ccccc3O2)s1. The minimum Gasteiger partial charge on any atom is -0.486 e. The average Bonchev–Trinajstić information content (AvgIpc) is 3.02. The fraction of sp³-hybridized carbons (Fsp3) is 0.438. The van der Waals surface area contributed by atoms with E-state index < -0.39 is 0 Å². The number of anilines is 1. The monoisotopic (exact) mass is 348 g/mol. The van der Waals surface area contributed by atoms with E-state index in [4.69, 9.17) is 9.47 Å². The molecule has 0 fully saturated rings. The van der Waals surface area contributed by atoms with Crippen LogP contribution < -0.4 is 14.8 Å². The highest BCUT2D eigenvalue weighted by Crippen LogP contribution is 2.31. The Bertz CT molecular complexity index is 706. The predicted octanol–water partition coefficient (Wildman–Crippen LogP) is 2.79. The summed E-state index contributed by atoms with van der Waals surface area (Å²) in [7, 11) is 1.72. The lowest BCUT2D eigenvalue weighted by Crippen LogP contribution is -2.43. The van der Waals surface area contributed by atoms with Gasteiger partial charge in [0.15, 0.2) is 17.6 Å². The molecule has 0 spiro atoms. The van der Waals surface area contributed by atoms with Crippen molar-refractivity contribution in [3.63, 3.8) is 0 Å². The van der Waals surface area contributed by atoms with Crippen LogP contribution in [-0.4, -0.2) is 47.4 Å². The van der Waals surface area contributed by atoms with Crippen LogP contribution in [0.15, 0.2) is 24.3 Å². The largest absolute Gasteiger partial charge is 0.486 e. The number of carbonyl (C=O) groups excluding carboxylic acids is 1. The van der Waals surface area contributed by atoms with Crippen LogP contribution in [-0.2, 0) is 6.42 Å². The van der Waals surface area contributed by atoms with Gasteiger partial charge in [0, 0.05) is 13.5 Å². The Balaban J connectivity index is 1.53. The van der Waals surface area contributed by atoms with Crippen molar-refractivity contribution in [3.05, 3.63) is 29.3 Å². The Kier molecular flexibility index (Phi) is 5.14. The van der Waals surface area contributed by atoms with Gasteiger partial charge in [-0.15, -0.1) is 10.2 Å². The number of hydrogen-bond acceptors (Lipinski definition) is 6. The van der Waals surface area contributed by atoms with Gasteiger partial charge in [0.25, 0.3) is 0 Å². The topological polar surface area (TPSA) is 76.6 Å². The zero-order valence-electron chi connectivity index (χ0n) is 13.7. The van der Waals surface area contributed by atoms with Crippen molar-refractivity contribution in [3.8, 4) is 11.5 Å². The second-order valence-corrected chi connectivity index (χ2v) is 6.62. The van der Waals surface area contributed by atoms with Crippen LogP contribution >= 0.6 is 11.3 Å². The first-order valence-corrected chi connectivity index (χ1v) is 8.70. The molecule has 1 aromatic heterocycles. The molecule has 0 radical (unpaired) electrons. The number of rotatable bonds is 5. The molecule has 2 amide bonds. The highest BCUT2D eigenvalue weighted by molar-refractivity contribution is 7.15. The molecule has 1 aliphatic heterocycles. The Labute approximate surface area is 144 Å². The van der Waals surface area contributed by atoms with E-state index in [9.17, 15) is 4.79 Å². The number of benzene rings is 1. The van der Waals surface area contributed by atoms with Crippen LogP contribution in [0.1, 0.15) is 18.4 Å². The smallest absolute Gasteiger partial charge is 0.323 e. The van der Waals surface area contributed by atoms with Crippen molar-refractivity contribution in [1.82, 2.24) is 15.1 Å². The number of aryl methyl sites for hydroxylation is 1. The Morgan fingerprint density at radius 2 is 2.17 bits per heavy atom. The van der Waals surface area contributed by atoms with E-state index in [1.807, 2.05) is 24.3 Å². The molecule has 0 aliphatic carbocycles. The summed E-state index contributed by atoms with van der Waals surface area (Å²) in [5, 5.41) is 12.2. The second-order valence-electron chi connectivity index (χ2n) is 5.56. The third kappa shape index (κ3) is 3.94. The number of nitrogens with zero attached hydrogens (tertiary/aromatic N) is 3. The number of aromatic nitrogens is 2. The fourth-order valence-electron chi connectivity index (χ4n) is 2.35. The predicted molar refractivity (Wildman–Crippen MR) is 91.9 cm³/mol. The third-order valence-electron chi connectivity index (χ3n) is 3.54. The summed E-state index contributed by atoms with van der Waals surface area (Å²) in [6, 6.07) is 7.28. The average molecular weight is 348 g/mol. The maximum Gasteiger partial charge on any atom is 0.323 e. The van der Waals surface area contributed by atoms with Gasteiger partial charge < -0.3 is 14.4 Å². The van der Waals surface area contributed by atoms with Crippen LogP contribution in [0.3, 0.4) is 0 Å². The lowest BCUT2D eigenvalue weighted by atomic mass is 10.2. The molecule has 0 saturated carbocycles. The van der Waals surface area contributed by atoms with Crippen molar-refractivity contribution in [2.75, 3.05) is 25.5 Å². The van der Waals surface area contributed by atoms with Gasteiger partial charge in [-0.1, -0.05) is 30.4 Å². The zero-order valence-corrected chi connectivity index (χ0v) is 14.5. The van der Waals surface area contributed by atoms with Gasteiger partial charge >= 0.3 is 6.03 Å². The number of para-hydroxylation sites is 2. The molecule has 1 aliphatic rings. The van der Waals surface area contributed by atoms with Gasteiger partial charge in [0.05, 0.1) is 6.54 Å². The molecule has 7 nitrogen and oxygen atoms in total. The summed E-state index contributed by atoms with van der Waals surface area (Å²) < 4.78 is 11.5. The maximum absolute atomic E-state index is 12.3. The number of carbonyl (C=O) groups is 1. The molecule has 0 bridgehead atoms. The molecule has 128 valence electrons. The molecule has 24 heavy (non-hydrogen) atoms. The highest BCUT2D eigenvalue weighted by atomic mass is 32.1. The third-order valence-corrected chi connectivity index (χ3v) is 4.43. The number of ether oxygens (including phenoxy) is 2. The molecule has 1 N–H and O–H groups in total. The van der Waals surface area contributed by atoms with E-state index in [2.05, 4.69) is 22.4 Å². The van der Waals surface area contributed by atoms with Crippen molar-refractivity contribution in [2.45, 2.75) is 25.9 Å². The lowest BCUT2D eigenvalue weighted by molar-refractivity contribution is 0.0731. The zero-order chi connectivity index (χ0) is 16.9. The van der Waals surface area contributed by atoms with Crippen LogP contribution in [0.25, 0.3) is 0 Å². The number of nitrogens with one attached hydrogen (secondary N) is 1. The van der Waals surface area contributed by atoms with Crippen LogP contribution in [0, 0.1) is 0 Å². The molecule has 0 unspecified atom stereocenters. The number of likely N-dealkylation sites (N-methyl/N-ethyl adjacent to an activating group) is 1. The molecule has 3 rings (SSSR count). The molecular formula is C16H20N4O3S. The summed E-state index contributed by atoms with van der Waals surface area (Å²) in [6.45, 7) is 2.91. The Morgan fingerprint density at radius 1 is 1.38 bits per heavy atom. The van der Waals surface area contributed by atoms with Gasteiger partial charge in [-0.25, -0.2) is 4.79 Å². The molecule has 2 aromatic rings. The van der Waals surface area contributed by atoms with Gasteiger partial charge in [0.1, 0.15) is 11.6 Å². The summed E-state index contributed by atoms with van der Waals surface area (Å²) in [4.78, 5) is 13.8. The molecule has 1 aromatic carbocycles. The second kappa shape index (κ2) is 7.48. The van der Waals surface area contributed by atoms with E-state index in [-0.39, 0.29) is 12.1 Å².